The standard InChI is InChI=1S/C59H92O12/c1-4-7-10-13-16-19-22-25-26-29-30-33-36-39-42-45-51(60)67-48-50(69-52(61)46-43-40-37-34-31-27-23-20-17-14-11-8-5-2)49-68-59-57(55(64)54(63)56(71-59)58(65)66)70-53(62)47-44-41-38-35-32-28-24-21-18-15-12-9-6-3/h7,9-10,12,16,18-21,23,25-26,28,30,32-33,38,41,50,54-57,59,63-64H,4-6,8,11,13-15,17,22,24,27,29,31,34-37,39-40,42-49H2,1-3H3,(H,65,66)/b10-7-,12-9-,19-16-,21-18-,23-20-,26-25-,32-28-,33-30-,41-38-. The van der Waals surface area contributed by atoms with E-state index >= 15 is 0 Å². The SMILES string of the molecule is CC/C=C\C/C=C\C/C=C\C/C=C\CCCCC(=O)OCC(COC1OC(C(=O)O)C(O)C(O)C1OC(=O)CC/C=C\C/C=C\C/C=C\C/C=C\CC)OC(=O)CCCCCCC/C=C\CCCCCC. The zero-order valence-corrected chi connectivity index (χ0v) is 43.7. The van der Waals surface area contributed by atoms with Gasteiger partial charge < -0.3 is 39.0 Å². The second-order valence-corrected chi connectivity index (χ2v) is 17.7. The van der Waals surface area contributed by atoms with E-state index in [9.17, 15) is 34.5 Å². The zero-order chi connectivity index (χ0) is 51.8. The molecule has 1 aliphatic heterocycles. The minimum atomic E-state index is -1.94. The quantitative estimate of drug-likeness (QED) is 0.0229. The Hall–Kier alpha value is -4.62. The zero-order valence-electron chi connectivity index (χ0n) is 43.7. The Kier molecular flexibility index (Phi) is 42.1. The molecule has 1 aliphatic rings. The summed E-state index contributed by atoms with van der Waals surface area (Å²) in [6.45, 7) is 5.63. The molecule has 6 atom stereocenters. The van der Waals surface area contributed by atoms with E-state index in [0.29, 0.717) is 25.7 Å². The van der Waals surface area contributed by atoms with Crippen LogP contribution in [-0.4, -0.2) is 89.2 Å². The second kappa shape index (κ2) is 46.5. The fraction of sp³-hybridized carbons (Fsp3) is 0.627. The summed E-state index contributed by atoms with van der Waals surface area (Å²) in [6, 6.07) is 0. The number of carboxylic acids is 1. The molecule has 0 saturated carbocycles. The third-order valence-corrected chi connectivity index (χ3v) is 11.3. The summed E-state index contributed by atoms with van der Waals surface area (Å²) in [4.78, 5) is 50.9. The van der Waals surface area contributed by atoms with E-state index in [0.717, 1.165) is 96.3 Å². The highest BCUT2D eigenvalue weighted by Gasteiger charge is 2.50. The van der Waals surface area contributed by atoms with Gasteiger partial charge in [0.25, 0.3) is 0 Å². The van der Waals surface area contributed by atoms with Crippen LogP contribution in [-0.2, 0) is 42.9 Å². The highest BCUT2D eigenvalue weighted by Crippen LogP contribution is 2.26. The third-order valence-electron chi connectivity index (χ3n) is 11.3. The van der Waals surface area contributed by atoms with Crippen LogP contribution >= 0.6 is 0 Å². The summed E-state index contributed by atoms with van der Waals surface area (Å²) in [5.41, 5.74) is 0. The molecule has 0 bridgehead atoms. The molecule has 12 nitrogen and oxygen atoms in total. The number of aliphatic hydroxyl groups excluding tert-OH is 2. The van der Waals surface area contributed by atoms with Crippen LogP contribution in [0.2, 0.25) is 0 Å². The van der Waals surface area contributed by atoms with E-state index in [1.807, 2.05) is 18.2 Å². The van der Waals surface area contributed by atoms with Crippen LogP contribution in [0.25, 0.3) is 0 Å². The first-order chi connectivity index (χ1) is 34.6. The topological polar surface area (TPSA) is 175 Å². The van der Waals surface area contributed by atoms with Crippen molar-refractivity contribution in [2.45, 2.75) is 225 Å². The first-order valence-corrected chi connectivity index (χ1v) is 26.9. The molecule has 1 heterocycles. The molecule has 0 aliphatic carbocycles. The van der Waals surface area contributed by atoms with Gasteiger partial charge in [-0.25, -0.2) is 4.79 Å². The number of carbonyl (C=O) groups excluding carboxylic acids is 3. The van der Waals surface area contributed by atoms with Gasteiger partial charge in [-0.1, -0.05) is 169 Å². The number of aliphatic hydroxyl groups is 2. The molecule has 1 fully saturated rings. The second-order valence-electron chi connectivity index (χ2n) is 17.7. The third kappa shape index (κ3) is 36.9. The number of carboxylic acid groups (broad SMARTS) is 1. The molecule has 400 valence electrons. The highest BCUT2D eigenvalue weighted by molar-refractivity contribution is 5.74. The van der Waals surface area contributed by atoms with Gasteiger partial charge in [0.05, 0.1) is 6.61 Å². The summed E-state index contributed by atoms with van der Waals surface area (Å²) in [7, 11) is 0. The Labute approximate surface area is 427 Å². The van der Waals surface area contributed by atoms with Crippen molar-refractivity contribution < 1.29 is 58.2 Å². The van der Waals surface area contributed by atoms with Crippen LogP contribution in [0.3, 0.4) is 0 Å². The Morgan fingerprint density at radius 3 is 1.45 bits per heavy atom. The van der Waals surface area contributed by atoms with Crippen LogP contribution in [0.4, 0.5) is 0 Å². The van der Waals surface area contributed by atoms with Gasteiger partial charge in [-0.15, -0.1) is 0 Å². The van der Waals surface area contributed by atoms with Crippen LogP contribution in [0.15, 0.2) is 109 Å². The normalized spacial score (nSPS) is 19.4. The lowest BCUT2D eigenvalue weighted by Gasteiger charge is -2.40. The number of allylic oxidation sites excluding steroid dienone is 18. The Morgan fingerprint density at radius 2 is 0.915 bits per heavy atom. The van der Waals surface area contributed by atoms with Crippen LogP contribution < -0.4 is 0 Å². The van der Waals surface area contributed by atoms with Crippen LogP contribution in [0.1, 0.15) is 188 Å². The van der Waals surface area contributed by atoms with Crippen LogP contribution in [0, 0.1) is 0 Å². The largest absolute Gasteiger partial charge is 0.479 e. The molecular formula is C59H92O12. The van der Waals surface area contributed by atoms with Crippen molar-refractivity contribution in [3.05, 3.63) is 109 Å². The van der Waals surface area contributed by atoms with Gasteiger partial charge in [-0.3, -0.25) is 14.4 Å². The Morgan fingerprint density at radius 1 is 0.479 bits per heavy atom. The fourth-order valence-electron chi connectivity index (χ4n) is 7.25. The molecule has 1 rings (SSSR count). The average molecular weight is 993 g/mol. The van der Waals surface area contributed by atoms with Crippen molar-refractivity contribution in [3.63, 3.8) is 0 Å². The average Bonchev–Trinajstić information content (AvgIpc) is 3.35. The molecule has 0 aromatic heterocycles. The van der Waals surface area contributed by atoms with Crippen molar-refractivity contribution >= 4 is 23.9 Å². The lowest BCUT2D eigenvalue weighted by atomic mass is 9.98. The number of carbonyl (C=O) groups is 4. The molecule has 0 spiro atoms. The van der Waals surface area contributed by atoms with E-state index in [1.54, 1.807) is 0 Å². The van der Waals surface area contributed by atoms with E-state index in [4.69, 9.17) is 23.7 Å². The molecule has 0 aromatic carbocycles. The Bertz CT molecular complexity index is 1650. The van der Waals surface area contributed by atoms with Crippen molar-refractivity contribution in [1.82, 2.24) is 0 Å². The minimum absolute atomic E-state index is 0.0709. The number of ether oxygens (including phenoxy) is 5. The van der Waals surface area contributed by atoms with Gasteiger partial charge in [0, 0.05) is 19.3 Å². The fourth-order valence-corrected chi connectivity index (χ4v) is 7.25. The van der Waals surface area contributed by atoms with Crippen molar-refractivity contribution in [1.29, 1.82) is 0 Å². The smallest absolute Gasteiger partial charge is 0.335 e. The van der Waals surface area contributed by atoms with Gasteiger partial charge >= 0.3 is 23.9 Å². The summed E-state index contributed by atoms with van der Waals surface area (Å²) in [5, 5.41) is 31.3. The van der Waals surface area contributed by atoms with E-state index < -0.39 is 67.3 Å². The predicted octanol–water partition coefficient (Wildman–Crippen LogP) is 13.1. The van der Waals surface area contributed by atoms with E-state index in [2.05, 4.69) is 112 Å². The first-order valence-electron chi connectivity index (χ1n) is 26.9. The lowest BCUT2D eigenvalue weighted by Crippen LogP contribution is -2.61. The maximum atomic E-state index is 13.1. The monoisotopic (exact) mass is 993 g/mol. The predicted molar refractivity (Wildman–Crippen MR) is 284 cm³/mol. The molecule has 6 unspecified atom stereocenters. The van der Waals surface area contributed by atoms with Crippen molar-refractivity contribution in [2.75, 3.05) is 13.2 Å². The first kappa shape index (κ1) is 64.4. The summed E-state index contributed by atoms with van der Waals surface area (Å²) >= 11 is 0. The summed E-state index contributed by atoms with van der Waals surface area (Å²) in [6.07, 6.45) is 49.5. The number of esters is 3. The summed E-state index contributed by atoms with van der Waals surface area (Å²) in [5.74, 6) is -3.31. The molecule has 0 radical (unpaired) electrons. The van der Waals surface area contributed by atoms with Gasteiger partial charge in [0.1, 0.15) is 18.8 Å². The maximum Gasteiger partial charge on any atom is 0.335 e. The number of hydrogen-bond donors (Lipinski definition) is 3. The van der Waals surface area contributed by atoms with Crippen molar-refractivity contribution in [3.8, 4) is 0 Å². The lowest BCUT2D eigenvalue weighted by molar-refractivity contribution is -0.301. The molecule has 0 amide bonds. The number of hydrogen-bond acceptors (Lipinski definition) is 11. The minimum Gasteiger partial charge on any atom is -0.479 e. The molecule has 1 saturated heterocycles. The van der Waals surface area contributed by atoms with Crippen molar-refractivity contribution in [2.24, 2.45) is 0 Å². The molecule has 3 N–H and O–H groups in total. The number of unbranched alkanes of at least 4 members (excludes halogenated alkanes) is 11. The van der Waals surface area contributed by atoms with Gasteiger partial charge in [-0.05, 0) is 109 Å². The highest BCUT2D eigenvalue weighted by atomic mass is 16.7. The maximum absolute atomic E-state index is 13.1. The summed E-state index contributed by atoms with van der Waals surface area (Å²) < 4.78 is 28.2. The molecule has 0 aromatic rings. The number of rotatable bonds is 43. The van der Waals surface area contributed by atoms with E-state index in [1.165, 1.54) is 25.7 Å². The number of aliphatic carboxylic acids is 1. The molecule has 71 heavy (non-hydrogen) atoms. The molecular weight excluding hydrogens is 901 g/mol. The van der Waals surface area contributed by atoms with Gasteiger partial charge in [0.2, 0.25) is 0 Å². The Balaban J connectivity index is 2.81. The van der Waals surface area contributed by atoms with E-state index in [-0.39, 0.29) is 25.9 Å². The van der Waals surface area contributed by atoms with Crippen LogP contribution in [0.5, 0.6) is 0 Å². The van der Waals surface area contributed by atoms with Gasteiger partial charge in [0.15, 0.2) is 24.6 Å². The molecule has 12 heteroatoms. The van der Waals surface area contributed by atoms with Gasteiger partial charge in [-0.2, -0.15) is 0 Å².